The number of carbonyl (C=O) groups is 1. The Morgan fingerprint density at radius 1 is 1.11 bits per heavy atom. The number of nitrogens with zero attached hydrogens (tertiary/aromatic N) is 2. The normalized spacial score (nSPS) is 11.2. The zero-order valence-electron chi connectivity index (χ0n) is 15.2. The van der Waals surface area contributed by atoms with Gasteiger partial charge in [-0.1, -0.05) is 12.1 Å². The maximum Gasteiger partial charge on any atom is 0.260 e. The molecule has 27 heavy (non-hydrogen) atoms. The predicted octanol–water partition coefficient (Wildman–Crippen LogP) is 1.62. The van der Waals surface area contributed by atoms with E-state index >= 15 is 0 Å². The number of nitrogens with one attached hydrogen (secondary N) is 1. The molecule has 0 saturated carbocycles. The molecule has 0 radical (unpaired) electrons. The molecule has 0 spiro atoms. The van der Waals surface area contributed by atoms with E-state index in [4.69, 9.17) is 9.47 Å². The summed E-state index contributed by atoms with van der Waals surface area (Å²) in [5.41, 5.74) is 3.35. The number of benzene rings is 2. The molecule has 0 aliphatic heterocycles. The van der Waals surface area contributed by atoms with Gasteiger partial charge in [0.1, 0.15) is 18.0 Å². The fraction of sp³-hybridized carbons (Fsp3) is 0.222. The Kier molecular flexibility index (Phi) is 6.78. The van der Waals surface area contributed by atoms with E-state index in [0.29, 0.717) is 22.7 Å². The van der Waals surface area contributed by atoms with Crippen LogP contribution in [0.3, 0.4) is 0 Å². The van der Waals surface area contributed by atoms with Crippen molar-refractivity contribution in [3.05, 3.63) is 54.1 Å². The molecule has 144 valence electrons. The van der Waals surface area contributed by atoms with E-state index < -0.39 is 22.5 Å². The summed E-state index contributed by atoms with van der Waals surface area (Å²) in [6.07, 6.45) is 2.46. The molecule has 0 heterocycles. The molecule has 2 rings (SSSR count). The Bertz CT molecular complexity index is 911. The fourth-order valence-corrected chi connectivity index (χ4v) is 3.12. The van der Waals surface area contributed by atoms with E-state index in [0.717, 1.165) is 10.6 Å². The number of anilines is 1. The summed E-state index contributed by atoms with van der Waals surface area (Å²) in [5, 5.41) is 3.86. The summed E-state index contributed by atoms with van der Waals surface area (Å²) in [6, 6.07) is 13.5. The number of methoxy groups -OCH3 is 2. The average molecular weight is 391 g/mol. The van der Waals surface area contributed by atoms with Gasteiger partial charge >= 0.3 is 0 Å². The monoisotopic (exact) mass is 391 g/mol. The summed E-state index contributed by atoms with van der Waals surface area (Å²) in [6.45, 7) is -0.408. The van der Waals surface area contributed by atoms with Crippen molar-refractivity contribution < 1.29 is 22.7 Å². The number of hydrogen-bond acceptors (Lipinski definition) is 6. The number of amides is 1. The minimum absolute atomic E-state index is 0.349. The van der Waals surface area contributed by atoms with E-state index in [9.17, 15) is 13.2 Å². The Labute approximate surface area is 158 Å². The highest BCUT2D eigenvalue weighted by Crippen LogP contribution is 2.21. The Morgan fingerprint density at radius 3 is 2.37 bits per heavy atom. The lowest BCUT2D eigenvalue weighted by Crippen LogP contribution is -2.39. The standard InChI is InChI=1S/C18H21N3O5S/c1-25-16-10-8-15(9-11-16)21(27(3,23)24)13-18(22)20-19-12-14-6-4-5-7-17(14)26-2/h4-12H,13H2,1-3H3,(H,20,22)/b19-12+. The minimum atomic E-state index is -3.66. The molecule has 1 amide bonds. The van der Waals surface area contributed by atoms with Crippen molar-refractivity contribution in [1.82, 2.24) is 5.43 Å². The van der Waals surface area contributed by atoms with Crippen LogP contribution in [0.1, 0.15) is 5.56 Å². The molecule has 0 aromatic heterocycles. The van der Waals surface area contributed by atoms with Crippen molar-refractivity contribution in [3.63, 3.8) is 0 Å². The zero-order valence-corrected chi connectivity index (χ0v) is 16.1. The topological polar surface area (TPSA) is 97.3 Å². The molecule has 9 heteroatoms. The highest BCUT2D eigenvalue weighted by Gasteiger charge is 2.20. The van der Waals surface area contributed by atoms with Crippen molar-refractivity contribution in [3.8, 4) is 11.5 Å². The maximum absolute atomic E-state index is 12.2. The molecule has 0 unspecified atom stereocenters. The molecule has 2 aromatic carbocycles. The van der Waals surface area contributed by atoms with Crippen molar-refractivity contribution in [2.24, 2.45) is 5.10 Å². The van der Waals surface area contributed by atoms with Gasteiger partial charge in [-0.05, 0) is 36.4 Å². The summed E-state index contributed by atoms with van der Waals surface area (Å²) in [5.74, 6) is 0.604. The van der Waals surface area contributed by atoms with Crippen LogP contribution in [0, 0.1) is 0 Å². The number of hydrogen-bond donors (Lipinski definition) is 1. The molecule has 0 bridgehead atoms. The van der Waals surface area contributed by atoms with Crippen molar-refractivity contribution >= 4 is 27.8 Å². The van der Waals surface area contributed by atoms with Crippen LogP contribution in [0.4, 0.5) is 5.69 Å². The summed E-state index contributed by atoms with van der Waals surface area (Å²) in [4.78, 5) is 12.2. The van der Waals surface area contributed by atoms with Crippen molar-refractivity contribution in [2.75, 3.05) is 31.3 Å². The van der Waals surface area contributed by atoms with Gasteiger partial charge < -0.3 is 9.47 Å². The van der Waals surface area contributed by atoms with Crippen LogP contribution in [-0.4, -0.2) is 47.6 Å². The predicted molar refractivity (Wildman–Crippen MR) is 104 cm³/mol. The summed E-state index contributed by atoms with van der Waals surface area (Å²) < 4.78 is 35.3. The summed E-state index contributed by atoms with van der Waals surface area (Å²) in [7, 11) is -0.618. The van der Waals surface area contributed by atoms with Crippen molar-refractivity contribution in [1.29, 1.82) is 0 Å². The van der Waals surface area contributed by atoms with Crippen LogP contribution in [0.25, 0.3) is 0 Å². The highest BCUT2D eigenvalue weighted by atomic mass is 32.2. The van der Waals surface area contributed by atoms with Crippen LogP contribution in [-0.2, 0) is 14.8 Å². The van der Waals surface area contributed by atoms with Crippen LogP contribution in [0.15, 0.2) is 53.6 Å². The van der Waals surface area contributed by atoms with Gasteiger partial charge in [-0.2, -0.15) is 5.10 Å². The van der Waals surface area contributed by atoms with Gasteiger partial charge in [0, 0.05) is 5.56 Å². The number of rotatable bonds is 8. The van der Waals surface area contributed by atoms with Crippen LogP contribution >= 0.6 is 0 Å². The molecule has 0 aliphatic carbocycles. The number of sulfonamides is 1. The number of ether oxygens (including phenoxy) is 2. The molecular weight excluding hydrogens is 370 g/mol. The first-order valence-electron chi connectivity index (χ1n) is 7.92. The average Bonchev–Trinajstić information content (AvgIpc) is 2.66. The van der Waals surface area contributed by atoms with Crippen LogP contribution in [0.2, 0.25) is 0 Å². The van der Waals surface area contributed by atoms with Gasteiger partial charge in [0.2, 0.25) is 10.0 Å². The van der Waals surface area contributed by atoms with E-state index in [1.807, 2.05) is 6.07 Å². The first-order valence-corrected chi connectivity index (χ1v) is 9.76. The van der Waals surface area contributed by atoms with E-state index in [2.05, 4.69) is 10.5 Å². The Morgan fingerprint density at radius 2 is 1.78 bits per heavy atom. The smallest absolute Gasteiger partial charge is 0.260 e. The van der Waals surface area contributed by atoms with Crippen molar-refractivity contribution in [2.45, 2.75) is 0 Å². The largest absolute Gasteiger partial charge is 0.497 e. The van der Waals surface area contributed by atoms with E-state index in [1.165, 1.54) is 20.4 Å². The third-order valence-electron chi connectivity index (χ3n) is 3.58. The zero-order chi connectivity index (χ0) is 19.9. The molecule has 8 nitrogen and oxygen atoms in total. The number of carbonyl (C=O) groups excluding carboxylic acids is 1. The molecule has 1 N–H and O–H groups in total. The Balaban J connectivity index is 2.08. The quantitative estimate of drug-likeness (QED) is 0.545. The van der Waals surface area contributed by atoms with E-state index in [1.54, 1.807) is 42.5 Å². The second-order valence-electron chi connectivity index (χ2n) is 5.50. The first kappa shape index (κ1) is 20.2. The van der Waals surface area contributed by atoms with Gasteiger partial charge in [0.05, 0.1) is 32.4 Å². The molecule has 0 fully saturated rings. The van der Waals surface area contributed by atoms with E-state index in [-0.39, 0.29) is 0 Å². The molecule has 0 aliphatic rings. The maximum atomic E-state index is 12.2. The molecule has 2 aromatic rings. The fourth-order valence-electron chi connectivity index (χ4n) is 2.26. The second kappa shape index (κ2) is 9.04. The van der Waals surface area contributed by atoms with Gasteiger partial charge in [-0.3, -0.25) is 9.10 Å². The number of hydrazone groups is 1. The highest BCUT2D eigenvalue weighted by molar-refractivity contribution is 7.92. The van der Waals surface area contributed by atoms with Gasteiger partial charge in [0.25, 0.3) is 5.91 Å². The lowest BCUT2D eigenvalue weighted by atomic mass is 10.2. The van der Waals surface area contributed by atoms with Gasteiger partial charge in [-0.25, -0.2) is 13.8 Å². The minimum Gasteiger partial charge on any atom is -0.497 e. The van der Waals surface area contributed by atoms with Gasteiger partial charge in [0.15, 0.2) is 0 Å². The molecular formula is C18H21N3O5S. The second-order valence-corrected chi connectivity index (χ2v) is 7.41. The third kappa shape index (κ3) is 5.71. The SMILES string of the molecule is COc1ccc(N(CC(=O)N/N=C/c2ccccc2OC)S(C)(=O)=O)cc1. The first-order chi connectivity index (χ1) is 12.8. The lowest BCUT2D eigenvalue weighted by Gasteiger charge is -2.21. The molecule has 0 atom stereocenters. The Hall–Kier alpha value is -3.07. The van der Waals surface area contributed by atoms with Gasteiger partial charge in [-0.15, -0.1) is 0 Å². The van der Waals surface area contributed by atoms with Crippen LogP contribution < -0.4 is 19.2 Å². The molecule has 0 saturated heterocycles. The lowest BCUT2D eigenvalue weighted by molar-refractivity contribution is -0.119. The summed E-state index contributed by atoms with van der Waals surface area (Å²) >= 11 is 0. The van der Waals surface area contributed by atoms with Crippen LogP contribution in [0.5, 0.6) is 11.5 Å². The third-order valence-corrected chi connectivity index (χ3v) is 4.72. The number of para-hydroxylation sites is 1.